The lowest BCUT2D eigenvalue weighted by Crippen LogP contribution is -2.45. The van der Waals surface area contributed by atoms with E-state index in [1.807, 2.05) is 280 Å². The number of imidazole rings is 2. The molecule has 12 heterocycles. The van der Waals surface area contributed by atoms with E-state index in [-0.39, 0.29) is 74.8 Å². The fraction of sp³-hybridized carbons (Fsp3) is 0.307. The maximum Gasteiger partial charge on any atom is 0.332 e. The Labute approximate surface area is 860 Å². The predicted octanol–water partition coefficient (Wildman–Crippen LogP) is 16.7. The molecule has 1 saturated carbocycles. The Bertz CT molecular complexity index is 8500. The summed E-state index contributed by atoms with van der Waals surface area (Å²) in [5, 5.41) is 34.5. The Morgan fingerprint density at radius 2 is 0.752 bits per heavy atom. The van der Waals surface area contributed by atoms with Crippen molar-refractivity contribution in [2.24, 2.45) is 58.7 Å². The summed E-state index contributed by atoms with van der Waals surface area (Å²) in [6, 6.07) is 77.7. The monoisotopic (exact) mass is 2000 g/mol. The minimum Gasteiger partial charge on any atom is -0.340 e. The zero-order valence-corrected chi connectivity index (χ0v) is 86.4. The number of likely N-dealkylation sites (tertiary alicyclic amines) is 1. The van der Waals surface area contributed by atoms with Gasteiger partial charge in [-0.25, -0.2) is 47.9 Å². The number of benzene rings is 8. The lowest BCUT2D eigenvalue weighted by atomic mass is 9.91. The molecule has 149 heavy (non-hydrogen) atoms. The summed E-state index contributed by atoms with van der Waals surface area (Å²) < 4.78 is 22.2. The number of rotatable bonds is 28. The second-order valence-corrected chi connectivity index (χ2v) is 39.7. The van der Waals surface area contributed by atoms with Crippen LogP contribution in [0.5, 0.6) is 0 Å². The van der Waals surface area contributed by atoms with Gasteiger partial charge in [-0.15, -0.1) is 0 Å². The van der Waals surface area contributed by atoms with Crippen molar-refractivity contribution in [3.63, 3.8) is 0 Å². The molecule has 2 aliphatic rings. The SMILES string of the molecule is CC(C)Cn1c(=O)n(C)c(=O)c2c(Nc3ccccc3)n(Cc3ccc(-c4nccn4C)cc3)nc21.CCN1CCCCC1c1ccc(Cn2nc3c(c2Nc2ccccc2)c(=O)n(C)c(=O)n3CC(C)C)cc1.Cc1cn(-c2ccc(Cn3nc4c(c3Nc3ccccc3)c(=O)n(C)c(=O)n4CC(C)C)cc2)cn1.Cn1c(=O)c2c(Nc3ccccc3)n(Cc3ccc(-c4ccccn4)cc3)nc2n(C2CCCCC2N)c1=O. The van der Waals surface area contributed by atoms with Crippen LogP contribution >= 0.6 is 0 Å². The van der Waals surface area contributed by atoms with E-state index in [0.29, 0.717) is 119 Å². The molecule has 1 saturated heterocycles. The first-order valence-corrected chi connectivity index (χ1v) is 50.9. The van der Waals surface area contributed by atoms with Gasteiger partial charge >= 0.3 is 22.8 Å². The highest BCUT2D eigenvalue weighted by Gasteiger charge is 2.33. The molecule has 35 heteroatoms. The van der Waals surface area contributed by atoms with Gasteiger partial charge in [-0.1, -0.05) is 232 Å². The van der Waals surface area contributed by atoms with Crippen molar-refractivity contribution >= 4 is 90.2 Å². The molecule has 11 aromatic heterocycles. The average Bonchev–Trinajstić information content (AvgIpc) is 1.62. The van der Waals surface area contributed by atoms with Crippen LogP contribution in [0.3, 0.4) is 0 Å². The van der Waals surface area contributed by atoms with Crippen molar-refractivity contribution in [2.45, 2.75) is 164 Å². The van der Waals surface area contributed by atoms with Gasteiger partial charge in [0.2, 0.25) is 0 Å². The van der Waals surface area contributed by atoms with E-state index in [2.05, 4.69) is 86.2 Å². The number of pyridine rings is 1. The van der Waals surface area contributed by atoms with Crippen LogP contribution in [-0.4, -0.2) is 124 Å². The smallest absolute Gasteiger partial charge is 0.332 e. The number of anilines is 8. The highest BCUT2D eigenvalue weighted by atomic mass is 16.2. The van der Waals surface area contributed by atoms with Crippen LogP contribution in [0.25, 0.3) is 72.5 Å². The van der Waals surface area contributed by atoms with Crippen LogP contribution in [0, 0.1) is 24.7 Å². The second kappa shape index (κ2) is 45.0. The molecule has 0 radical (unpaired) electrons. The number of nitrogens with one attached hydrogen (secondary N) is 4. The maximum absolute atomic E-state index is 13.6. The molecule has 1 aliphatic carbocycles. The molecule has 19 aromatic rings. The van der Waals surface area contributed by atoms with E-state index in [1.54, 1.807) is 51.0 Å². The van der Waals surface area contributed by atoms with Gasteiger partial charge < -0.3 is 36.1 Å². The van der Waals surface area contributed by atoms with Crippen LogP contribution in [-0.2, 0) is 81.1 Å². The second-order valence-electron chi connectivity index (χ2n) is 39.7. The number of nitrogens with zero attached hydrogens (tertiary/aromatic N) is 22. The number of para-hydroxylation sites is 4. The zero-order valence-electron chi connectivity index (χ0n) is 86.4. The summed E-state index contributed by atoms with van der Waals surface area (Å²) in [5.74, 6) is 3.78. The summed E-state index contributed by atoms with van der Waals surface area (Å²) in [4.78, 5) is 122. The van der Waals surface area contributed by atoms with Gasteiger partial charge in [0.05, 0.1) is 49.9 Å². The lowest BCUT2D eigenvalue weighted by molar-refractivity contribution is 0.157. The Morgan fingerprint density at radius 3 is 1.12 bits per heavy atom. The Balaban J connectivity index is 0.000000130. The molecule has 35 nitrogen and oxygen atoms in total. The number of piperidine rings is 1. The number of hydrogen-bond donors (Lipinski definition) is 5. The summed E-state index contributed by atoms with van der Waals surface area (Å²) in [7, 11) is 8.05. The fourth-order valence-corrected chi connectivity index (χ4v) is 19.7. The van der Waals surface area contributed by atoms with Crippen molar-refractivity contribution in [2.75, 3.05) is 34.4 Å². The Hall–Kier alpha value is -17.0. The van der Waals surface area contributed by atoms with Crippen molar-refractivity contribution < 1.29 is 0 Å². The van der Waals surface area contributed by atoms with E-state index in [1.165, 1.54) is 62.2 Å². The maximum atomic E-state index is 13.6. The summed E-state index contributed by atoms with van der Waals surface area (Å²) >= 11 is 0. The molecule has 3 atom stereocenters. The van der Waals surface area contributed by atoms with Gasteiger partial charge in [-0.2, -0.15) is 20.4 Å². The van der Waals surface area contributed by atoms with Gasteiger partial charge in [0.25, 0.3) is 22.2 Å². The van der Waals surface area contributed by atoms with Crippen LogP contribution in [0.2, 0.25) is 0 Å². The minimum absolute atomic E-state index is 0.174. The van der Waals surface area contributed by atoms with Gasteiger partial charge in [0.1, 0.15) is 50.6 Å². The van der Waals surface area contributed by atoms with Crippen molar-refractivity contribution in [3.8, 4) is 28.3 Å². The molecular weight excluding hydrogens is 1880 g/mol. The van der Waals surface area contributed by atoms with Crippen LogP contribution in [0.1, 0.15) is 139 Å². The van der Waals surface area contributed by atoms with Crippen molar-refractivity contribution in [3.05, 3.63) is 385 Å². The minimum atomic E-state index is -0.384. The average molecular weight is 2000 g/mol. The topological polar surface area (TPSA) is 373 Å². The standard InChI is InChI=1S/C30H31N7O2.C30H38N6O2.2C27H29N7O2/c1-35-29(38)26-27(33-22-9-3-2-4-10-22)36(19-20-14-16-21(17-15-20)24-12-7-8-18-32-24)34-28(26)37(30(35)39)25-13-6-5-11-23(25)31;1-5-34-18-10-9-13-25(34)23-16-14-22(15-17-23)20-36-27(31-24-11-7-6-8-12-24)26-28(32-36)35(19-21(2)3)30(38)33(4)29(26)37;1-18(2)14-33-25-23(26(35)31(4)27(33)36)24(29-21-8-6-5-7-9-21)34(30-25)16-20-10-12-22(13-11-20)32-15-19(3)28-17-32;1-18(2)16-33-25-22(26(35)32(4)27(33)36)24(29-21-8-6-5-7-9-21)34(30-25)17-19-10-12-20(13-11-19)23-28-14-15-31(23)3/h2-4,7-10,12,14-18,23,25,33H,5-6,11,13,19,31H2,1H3;6-8,11-12,14-17,21,25,31H,5,9-10,13,18-20H2,1-4H3;5-13,15,17-18,29H,14,16H2,1-4H3;5-15,18,29H,16-17H2,1-4H3. The fourth-order valence-electron chi connectivity index (χ4n) is 19.7. The van der Waals surface area contributed by atoms with E-state index in [0.717, 1.165) is 127 Å². The van der Waals surface area contributed by atoms with E-state index >= 15 is 0 Å². The summed E-state index contributed by atoms with van der Waals surface area (Å²) in [6.45, 7) is 21.8. The number of nitrogens with two attached hydrogens (primary N) is 1. The molecule has 766 valence electrons. The first kappa shape index (κ1) is 102. The predicted molar refractivity (Wildman–Crippen MR) is 589 cm³/mol. The van der Waals surface area contributed by atoms with Gasteiger partial charge in [0, 0.05) is 131 Å². The molecule has 0 bridgehead atoms. The molecule has 0 spiro atoms. The first-order chi connectivity index (χ1) is 72.0. The van der Waals surface area contributed by atoms with Gasteiger partial charge in [-0.05, 0) is 164 Å². The summed E-state index contributed by atoms with van der Waals surface area (Å²) in [5.41, 5.74) is 18.8. The molecule has 0 amide bonds. The highest BCUT2D eigenvalue weighted by molar-refractivity contribution is 5.92. The quantitative estimate of drug-likeness (QED) is 0.0304. The van der Waals surface area contributed by atoms with Gasteiger partial charge in [-0.3, -0.25) is 65.6 Å². The first-order valence-electron chi connectivity index (χ1n) is 50.9. The number of aryl methyl sites for hydroxylation is 2. The normalized spacial score (nSPS) is 14.3. The number of hydrogen-bond acceptors (Lipinski definition) is 21. The largest absolute Gasteiger partial charge is 0.340 e. The van der Waals surface area contributed by atoms with Crippen LogP contribution in [0.4, 0.5) is 46.0 Å². The molecular formula is C114H127N27O8. The highest BCUT2D eigenvalue weighted by Crippen LogP contribution is 2.37. The third-order valence-corrected chi connectivity index (χ3v) is 27.4. The molecule has 21 rings (SSSR count). The van der Waals surface area contributed by atoms with Crippen LogP contribution in [0.15, 0.2) is 306 Å². The molecule has 8 aromatic carbocycles. The van der Waals surface area contributed by atoms with E-state index < -0.39 is 0 Å². The number of fused-ring (bicyclic) bond motifs is 4. The van der Waals surface area contributed by atoms with E-state index in [9.17, 15) is 38.4 Å². The van der Waals surface area contributed by atoms with Crippen molar-refractivity contribution in [1.29, 1.82) is 0 Å². The Kier molecular flexibility index (Phi) is 30.8. The zero-order chi connectivity index (χ0) is 105. The number of aromatic nitrogens is 21. The molecule has 1 aliphatic heterocycles. The summed E-state index contributed by atoms with van der Waals surface area (Å²) in [6.07, 6.45) is 16.6. The van der Waals surface area contributed by atoms with Crippen molar-refractivity contribution in [1.82, 2.24) is 105 Å². The van der Waals surface area contributed by atoms with Gasteiger partial charge in [0.15, 0.2) is 22.6 Å². The molecule has 3 unspecified atom stereocenters. The Morgan fingerprint density at radius 1 is 0.383 bits per heavy atom. The molecule has 6 N–H and O–H groups in total. The van der Waals surface area contributed by atoms with E-state index in [4.69, 9.17) is 26.1 Å². The third kappa shape index (κ3) is 22.1. The molecule has 2 fully saturated rings. The third-order valence-electron chi connectivity index (χ3n) is 27.4. The van der Waals surface area contributed by atoms with Crippen LogP contribution < -0.4 is 72.0 Å². The lowest BCUT2D eigenvalue weighted by Gasteiger charge is -2.35.